The number of aromatic nitrogens is 1. The van der Waals surface area contributed by atoms with Crippen LogP contribution in [0.15, 0.2) is 65.6 Å². The summed E-state index contributed by atoms with van der Waals surface area (Å²) < 4.78 is 2.22. The molecule has 2 heterocycles. The first kappa shape index (κ1) is 24.1. The lowest BCUT2D eigenvalue weighted by molar-refractivity contribution is -0.129. The first-order valence-corrected chi connectivity index (χ1v) is 13.7. The quantitative estimate of drug-likeness (QED) is 0.362. The molecule has 2 fully saturated rings. The molecule has 0 spiro atoms. The van der Waals surface area contributed by atoms with Crippen molar-refractivity contribution in [2.45, 2.75) is 58.0 Å². The molecule has 0 bridgehead atoms. The van der Waals surface area contributed by atoms with E-state index in [-0.39, 0.29) is 17.4 Å². The van der Waals surface area contributed by atoms with Gasteiger partial charge in [-0.3, -0.25) is 4.79 Å². The number of hydrogen-bond donors (Lipinski definition) is 1. The summed E-state index contributed by atoms with van der Waals surface area (Å²) in [6, 6.07) is 20.5. The number of carbonyl (C=O) groups excluding carboxylic acids is 1. The molecule has 2 aromatic carbocycles. The third-order valence-corrected chi connectivity index (χ3v) is 8.63. The highest BCUT2D eigenvalue weighted by Gasteiger charge is 2.43. The van der Waals surface area contributed by atoms with Gasteiger partial charge in [-0.2, -0.15) is 0 Å². The van der Waals surface area contributed by atoms with Crippen LogP contribution < -0.4 is 5.32 Å². The summed E-state index contributed by atoms with van der Waals surface area (Å²) in [4.78, 5) is 16.8. The number of nitrogens with one attached hydrogen (secondary N) is 1. The zero-order valence-electron chi connectivity index (χ0n) is 20.5. The Labute approximate surface area is 217 Å². The molecule has 6 heteroatoms. The zero-order chi connectivity index (χ0) is 24.5. The number of thioether (sulfide) groups is 1. The molecule has 2 aliphatic rings. The summed E-state index contributed by atoms with van der Waals surface area (Å²) in [5.74, 6) is 0.640. The van der Waals surface area contributed by atoms with Crippen LogP contribution in [-0.4, -0.2) is 26.9 Å². The number of anilines is 1. The van der Waals surface area contributed by atoms with Crippen LogP contribution in [0.3, 0.4) is 0 Å². The van der Waals surface area contributed by atoms with E-state index in [0.29, 0.717) is 5.92 Å². The molecule has 1 amide bonds. The summed E-state index contributed by atoms with van der Waals surface area (Å²) in [6.45, 7) is 6.50. The predicted molar refractivity (Wildman–Crippen MR) is 148 cm³/mol. The summed E-state index contributed by atoms with van der Waals surface area (Å²) in [5, 5.41) is 4.35. The number of carbonyl (C=O) groups is 1. The molecule has 1 N–H and O–H groups in total. The lowest BCUT2D eigenvalue weighted by Crippen LogP contribution is -2.48. The summed E-state index contributed by atoms with van der Waals surface area (Å²) in [7, 11) is 0. The lowest BCUT2D eigenvalue weighted by Gasteiger charge is -2.39. The van der Waals surface area contributed by atoms with E-state index in [1.165, 1.54) is 19.3 Å². The highest BCUT2D eigenvalue weighted by Crippen LogP contribution is 2.42. The minimum Gasteiger partial charge on any atom is -0.356 e. The molecule has 1 unspecified atom stereocenters. The van der Waals surface area contributed by atoms with Crippen LogP contribution in [-0.2, 0) is 4.79 Å². The van der Waals surface area contributed by atoms with E-state index in [0.717, 1.165) is 44.7 Å². The van der Waals surface area contributed by atoms with E-state index in [9.17, 15) is 4.79 Å². The first-order valence-electron chi connectivity index (χ1n) is 12.4. The van der Waals surface area contributed by atoms with Crippen molar-refractivity contribution < 1.29 is 4.79 Å². The summed E-state index contributed by atoms with van der Waals surface area (Å²) in [6.07, 6.45) is 6.76. The molecule has 3 aromatic rings. The van der Waals surface area contributed by atoms with Crippen molar-refractivity contribution in [1.82, 2.24) is 9.47 Å². The topological polar surface area (TPSA) is 37.3 Å². The Morgan fingerprint density at radius 1 is 1.03 bits per heavy atom. The number of hydrogen-bond acceptors (Lipinski definition) is 3. The van der Waals surface area contributed by atoms with Crippen LogP contribution >= 0.6 is 23.4 Å². The molecule has 3 atom stereocenters. The number of amides is 1. The molecule has 1 aliphatic heterocycles. The minimum absolute atomic E-state index is 0.110. The molecule has 1 aliphatic carbocycles. The molecule has 1 saturated heterocycles. The van der Waals surface area contributed by atoms with Crippen molar-refractivity contribution in [1.29, 1.82) is 0 Å². The van der Waals surface area contributed by atoms with Crippen molar-refractivity contribution in [3.63, 3.8) is 0 Å². The van der Waals surface area contributed by atoms with Crippen LogP contribution in [0.5, 0.6) is 0 Å². The van der Waals surface area contributed by atoms with Crippen molar-refractivity contribution in [3.8, 4) is 5.69 Å². The monoisotopic (exact) mass is 505 g/mol. The average molecular weight is 506 g/mol. The van der Waals surface area contributed by atoms with Crippen LogP contribution in [0, 0.1) is 19.8 Å². The van der Waals surface area contributed by atoms with Crippen molar-refractivity contribution in [3.05, 3.63) is 87.5 Å². The Morgan fingerprint density at radius 3 is 2.46 bits per heavy atom. The Morgan fingerprint density at radius 2 is 1.74 bits per heavy atom. The standard InChI is InChI=1S/C29H32ClN3OS/c1-19-9-7-8-12-26(19)33-28(34)27(35-29(33)31-24-10-5-4-6-11-24)18-22-17-20(2)32(21(22)3)25-15-13-23(30)14-16-25/h4-6,10-11,13-19,26,29,31H,7-9,12H2,1-3H3/b27-18-/t19-,26+,29?/m0/s1. The van der Waals surface area contributed by atoms with Crippen LogP contribution in [0.1, 0.15) is 49.6 Å². The van der Waals surface area contributed by atoms with E-state index >= 15 is 0 Å². The van der Waals surface area contributed by atoms with E-state index < -0.39 is 0 Å². The summed E-state index contributed by atoms with van der Waals surface area (Å²) in [5.41, 5.74) is 5.31. The van der Waals surface area contributed by atoms with Crippen LogP contribution in [0.25, 0.3) is 11.8 Å². The number of nitrogens with zero attached hydrogens (tertiary/aromatic N) is 2. The van der Waals surface area contributed by atoms with Crippen molar-refractivity contribution in [2.75, 3.05) is 5.32 Å². The van der Waals surface area contributed by atoms with Crippen molar-refractivity contribution >= 4 is 41.0 Å². The van der Waals surface area contributed by atoms with Gasteiger partial charge in [-0.25, -0.2) is 0 Å². The Bertz CT molecular complexity index is 1230. The summed E-state index contributed by atoms with van der Waals surface area (Å²) >= 11 is 7.74. The number of benzene rings is 2. The maximum absolute atomic E-state index is 13.8. The van der Waals surface area contributed by atoms with Gasteiger partial charge in [0.15, 0.2) is 5.50 Å². The van der Waals surface area contributed by atoms with Gasteiger partial charge in [-0.05, 0) is 86.7 Å². The maximum Gasteiger partial charge on any atom is 0.262 e. The number of aryl methyl sites for hydroxylation is 1. The fraction of sp³-hybridized carbons (Fsp3) is 0.345. The van der Waals surface area contributed by atoms with Gasteiger partial charge in [-0.15, -0.1) is 0 Å². The molecule has 0 radical (unpaired) electrons. The van der Waals surface area contributed by atoms with Gasteiger partial charge < -0.3 is 14.8 Å². The third-order valence-electron chi connectivity index (χ3n) is 7.27. The van der Waals surface area contributed by atoms with Crippen LogP contribution in [0.4, 0.5) is 5.69 Å². The van der Waals surface area contributed by atoms with Gasteiger partial charge in [-0.1, -0.05) is 61.3 Å². The molecule has 5 rings (SSSR count). The van der Waals surface area contributed by atoms with Gasteiger partial charge in [0, 0.05) is 33.8 Å². The van der Waals surface area contributed by atoms with E-state index in [4.69, 9.17) is 11.6 Å². The average Bonchev–Trinajstić information content (AvgIpc) is 3.30. The third kappa shape index (κ3) is 4.89. The molecule has 1 aromatic heterocycles. The van der Waals surface area contributed by atoms with Gasteiger partial charge in [0.2, 0.25) is 0 Å². The highest BCUT2D eigenvalue weighted by atomic mass is 35.5. The zero-order valence-corrected chi connectivity index (χ0v) is 22.1. The second-order valence-corrected chi connectivity index (χ2v) is 11.2. The molecule has 35 heavy (non-hydrogen) atoms. The number of para-hydroxylation sites is 1. The van der Waals surface area contributed by atoms with Gasteiger partial charge in [0.05, 0.1) is 4.91 Å². The molecule has 1 saturated carbocycles. The lowest BCUT2D eigenvalue weighted by atomic mass is 9.85. The Balaban J connectivity index is 1.49. The largest absolute Gasteiger partial charge is 0.356 e. The molecular weight excluding hydrogens is 474 g/mol. The Hall–Kier alpha value is -2.63. The molecule has 4 nitrogen and oxygen atoms in total. The first-order chi connectivity index (χ1) is 16.9. The van der Waals surface area contributed by atoms with Crippen molar-refractivity contribution in [2.24, 2.45) is 5.92 Å². The van der Waals surface area contributed by atoms with E-state index in [1.807, 2.05) is 42.5 Å². The van der Waals surface area contributed by atoms with E-state index in [2.05, 4.69) is 59.8 Å². The highest BCUT2D eigenvalue weighted by molar-refractivity contribution is 8.05. The Kier molecular flexibility index (Phi) is 6.99. The minimum atomic E-state index is -0.110. The molecule has 182 valence electrons. The van der Waals surface area contributed by atoms with E-state index in [1.54, 1.807) is 11.8 Å². The second kappa shape index (κ2) is 10.2. The van der Waals surface area contributed by atoms with Gasteiger partial charge in [0.1, 0.15) is 0 Å². The predicted octanol–water partition coefficient (Wildman–Crippen LogP) is 7.64. The fourth-order valence-corrected chi connectivity index (χ4v) is 6.76. The second-order valence-electron chi connectivity index (χ2n) is 9.67. The maximum atomic E-state index is 13.8. The normalized spacial score (nSPS) is 23.8. The molecular formula is C29H32ClN3OS. The number of halogens is 1. The smallest absolute Gasteiger partial charge is 0.262 e. The fourth-order valence-electron chi connectivity index (χ4n) is 5.43. The number of rotatable bonds is 5. The van der Waals surface area contributed by atoms with Crippen LogP contribution in [0.2, 0.25) is 5.02 Å². The van der Waals surface area contributed by atoms with Gasteiger partial charge in [0.25, 0.3) is 5.91 Å². The SMILES string of the molecule is Cc1cc(/C=C2\SC(Nc3ccccc3)N([C@@H]3CCCC[C@@H]3C)C2=O)c(C)n1-c1ccc(Cl)cc1. The van der Waals surface area contributed by atoms with Gasteiger partial charge >= 0.3 is 0 Å².